The van der Waals surface area contributed by atoms with Crippen molar-refractivity contribution in [3.63, 3.8) is 0 Å². The summed E-state index contributed by atoms with van der Waals surface area (Å²) in [6.45, 7) is 3.28. The molecule has 2 atom stereocenters. The number of morpholine rings is 1. The normalized spacial score (nSPS) is 25.9. The van der Waals surface area contributed by atoms with Gasteiger partial charge in [-0.3, -0.25) is 4.90 Å². The highest BCUT2D eigenvalue weighted by Crippen LogP contribution is 2.32. The van der Waals surface area contributed by atoms with E-state index in [2.05, 4.69) is 38.0 Å². The second-order valence-electron chi connectivity index (χ2n) is 6.33. The lowest BCUT2D eigenvalue weighted by atomic mass is 9.93. The third kappa shape index (κ3) is 3.33. The van der Waals surface area contributed by atoms with E-state index in [4.69, 9.17) is 22.2 Å². The van der Waals surface area contributed by atoms with Crippen LogP contribution in [0.2, 0.25) is 5.02 Å². The average molecular weight is 373 g/mol. The van der Waals surface area contributed by atoms with E-state index < -0.39 is 0 Å². The monoisotopic (exact) mass is 372 g/mol. The first-order valence-electron chi connectivity index (χ1n) is 8.60. The molecule has 0 radical (unpaired) electrons. The minimum atomic E-state index is 0.0980. The Morgan fingerprint density at radius 2 is 2.12 bits per heavy atom. The van der Waals surface area contributed by atoms with E-state index in [1.54, 1.807) is 6.07 Å². The summed E-state index contributed by atoms with van der Waals surface area (Å²) >= 11 is 6.50. The smallest absolute Gasteiger partial charge is 0.104 e. The lowest BCUT2D eigenvalue weighted by Crippen LogP contribution is -2.56. The Labute approximate surface area is 157 Å². The van der Waals surface area contributed by atoms with E-state index in [-0.39, 0.29) is 12.2 Å². The van der Waals surface area contributed by atoms with Gasteiger partial charge in [0.15, 0.2) is 0 Å². The highest BCUT2D eigenvalue weighted by Gasteiger charge is 2.33. The Kier molecular flexibility index (Phi) is 4.92. The van der Waals surface area contributed by atoms with Crippen LogP contribution < -0.4 is 16.5 Å². The molecule has 1 saturated heterocycles. The van der Waals surface area contributed by atoms with E-state index in [1.807, 2.05) is 24.4 Å². The van der Waals surface area contributed by atoms with Gasteiger partial charge in [0.25, 0.3) is 0 Å². The number of halogens is 1. The molecule has 1 fully saturated rings. The molecule has 7 nitrogen and oxygen atoms in total. The van der Waals surface area contributed by atoms with Crippen molar-refractivity contribution < 1.29 is 4.74 Å². The SMILES string of the molecule is NN=Nc1ccc(C2=CC3NC=CC=C3C(N3CCOCC3)N2)c(Cl)c1. The van der Waals surface area contributed by atoms with Crippen LogP contribution in [0, 0.1) is 0 Å². The average Bonchev–Trinajstić information content (AvgIpc) is 2.68. The largest absolute Gasteiger partial charge is 0.381 e. The standard InChI is InChI=1S/C18H21ClN6O/c19-15-10-12(23-24-20)3-4-13(15)17-11-16-14(2-1-5-21-16)18(22-17)25-6-8-26-9-7-25/h1-5,10-11,16,18,21-22H,6-9H2,(H2,20,23). The summed E-state index contributed by atoms with van der Waals surface area (Å²) in [5.41, 5.74) is 3.84. The molecule has 2 unspecified atom stereocenters. The summed E-state index contributed by atoms with van der Waals surface area (Å²) < 4.78 is 5.51. The maximum atomic E-state index is 6.50. The van der Waals surface area contributed by atoms with Gasteiger partial charge in [0, 0.05) is 24.4 Å². The Bertz CT molecular complexity index is 797. The van der Waals surface area contributed by atoms with Crippen LogP contribution in [0.15, 0.2) is 58.5 Å². The number of allylic oxidation sites excluding steroid dienone is 2. The van der Waals surface area contributed by atoms with Crippen molar-refractivity contribution in [2.24, 2.45) is 16.2 Å². The predicted octanol–water partition coefficient (Wildman–Crippen LogP) is 2.31. The van der Waals surface area contributed by atoms with Crippen LogP contribution >= 0.6 is 11.6 Å². The fourth-order valence-corrected chi connectivity index (χ4v) is 3.80. The van der Waals surface area contributed by atoms with E-state index in [1.165, 1.54) is 5.57 Å². The van der Waals surface area contributed by atoms with Crippen LogP contribution in [-0.4, -0.2) is 43.4 Å². The molecule has 0 amide bonds. The van der Waals surface area contributed by atoms with Crippen molar-refractivity contribution in [1.29, 1.82) is 0 Å². The van der Waals surface area contributed by atoms with Gasteiger partial charge < -0.3 is 21.2 Å². The summed E-state index contributed by atoms with van der Waals surface area (Å²) in [6, 6.07) is 5.68. The Morgan fingerprint density at radius 1 is 1.27 bits per heavy atom. The van der Waals surface area contributed by atoms with Gasteiger partial charge in [0.1, 0.15) is 6.17 Å². The van der Waals surface area contributed by atoms with Gasteiger partial charge in [-0.05, 0) is 42.1 Å². The fraction of sp³-hybridized carbons (Fsp3) is 0.333. The first-order valence-corrected chi connectivity index (χ1v) is 8.98. The van der Waals surface area contributed by atoms with Gasteiger partial charge in [-0.2, -0.15) is 0 Å². The molecule has 0 bridgehead atoms. The zero-order chi connectivity index (χ0) is 17.9. The molecule has 8 heteroatoms. The lowest BCUT2D eigenvalue weighted by Gasteiger charge is -2.42. The predicted molar refractivity (Wildman–Crippen MR) is 102 cm³/mol. The molecule has 3 heterocycles. The number of hydrogen-bond donors (Lipinski definition) is 3. The number of dihydropyridines is 1. The van der Waals surface area contributed by atoms with Gasteiger partial charge >= 0.3 is 0 Å². The maximum Gasteiger partial charge on any atom is 0.104 e. The minimum Gasteiger partial charge on any atom is -0.381 e. The Morgan fingerprint density at radius 3 is 2.88 bits per heavy atom. The number of fused-ring (bicyclic) bond motifs is 1. The van der Waals surface area contributed by atoms with Gasteiger partial charge in [-0.25, -0.2) is 0 Å². The molecule has 0 aliphatic carbocycles. The molecule has 4 rings (SSSR count). The topological polar surface area (TPSA) is 87.3 Å². The van der Waals surface area contributed by atoms with Crippen LogP contribution in [-0.2, 0) is 4.74 Å². The van der Waals surface area contributed by atoms with Crippen molar-refractivity contribution in [1.82, 2.24) is 15.5 Å². The molecule has 3 aliphatic rings. The summed E-state index contributed by atoms with van der Waals surface area (Å²) in [5.74, 6) is 5.12. The molecule has 26 heavy (non-hydrogen) atoms. The van der Waals surface area contributed by atoms with E-state index in [0.29, 0.717) is 10.7 Å². The van der Waals surface area contributed by atoms with E-state index in [0.717, 1.165) is 37.6 Å². The number of benzene rings is 1. The van der Waals surface area contributed by atoms with Crippen LogP contribution in [0.5, 0.6) is 0 Å². The van der Waals surface area contributed by atoms with Gasteiger partial charge in [-0.15, -0.1) is 5.11 Å². The molecule has 136 valence electrons. The molecular weight excluding hydrogens is 352 g/mol. The third-order valence-electron chi connectivity index (χ3n) is 4.79. The number of ether oxygens (including phenoxy) is 1. The van der Waals surface area contributed by atoms with Gasteiger partial charge in [-0.1, -0.05) is 22.9 Å². The minimum absolute atomic E-state index is 0.0980. The van der Waals surface area contributed by atoms with Crippen molar-refractivity contribution in [2.75, 3.05) is 26.3 Å². The van der Waals surface area contributed by atoms with Crippen LogP contribution in [0.1, 0.15) is 5.56 Å². The second-order valence-corrected chi connectivity index (χ2v) is 6.73. The number of nitrogens with zero attached hydrogens (tertiary/aromatic N) is 3. The maximum absolute atomic E-state index is 6.50. The van der Waals surface area contributed by atoms with Crippen LogP contribution in [0.3, 0.4) is 0 Å². The zero-order valence-electron chi connectivity index (χ0n) is 14.2. The summed E-state index contributed by atoms with van der Waals surface area (Å²) in [4.78, 5) is 2.40. The second kappa shape index (κ2) is 7.49. The highest BCUT2D eigenvalue weighted by atomic mass is 35.5. The van der Waals surface area contributed by atoms with Crippen LogP contribution in [0.25, 0.3) is 5.70 Å². The van der Waals surface area contributed by atoms with Gasteiger partial charge in [0.05, 0.1) is 30.0 Å². The molecule has 0 aromatic heterocycles. The van der Waals surface area contributed by atoms with Crippen molar-refractivity contribution in [2.45, 2.75) is 12.2 Å². The quantitative estimate of drug-likeness (QED) is 0.430. The molecule has 4 N–H and O–H groups in total. The van der Waals surface area contributed by atoms with Crippen molar-refractivity contribution in [3.05, 3.63) is 58.8 Å². The molecule has 0 spiro atoms. The molecular formula is C18H21ClN6O. The van der Waals surface area contributed by atoms with Crippen molar-refractivity contribution >= 4 is 23.0 Å². The van der Waals surface area contributed by atoms with Crippen molar-refractivity contribution in [3.8, 4) is 0 Å². The number of hydrogen-bond acceptors (Lipinski definition) is 6. The highest BCUT2D eigenvalue weighted by molar-refractivity contribution is 6.32. The lowest BCUT2D eigenvalue weighted by molar-refractivity contribution is 0.0188. The molecule has 3 aliphatic heterocycles. The summed E-state index contributed by atoms with van der Waals surface area (Å²) in [6.07, 6.45) is 8.45. The van der Waals surface area contributed by atoms with Crippen LogP contribution in [0.4, 0.5) is 5.69 Å². The fourth-order valence-electron chi connectivity index (χ4n) is 3.53. The molecule has 1 aromatic rings. The Hall–Kier alpha value is -2.35. The first-order chi connectivity index (χ1) is 12.8. The molecule has 0 saturated carbocycles. The third-order valence-corrected chi connectivity index (χ3v) is 5.10. The molecule has 1 aromatic carbocycles. The summed E-state index contributed by atoms with van der Waals surface area (Å²) in [7, 11) is 0. The first kappa shape index (κ1) is 17.1. The number of nitrogens with one attached hydrogen (secondary N) is 2. The zero-order valence-corrected chi connectivity index (χ0v) is 15.0. The summed E-state index contributed by atoms with van der Waals surface area (Å²) in [5, 5.41) is 14.8. The number of rotatable bonds is 3. The Balaban J connectivity index is 1.67. The van der Waals surface area contributed by atoms with Gasteiger partial charge in [0.2, 0.25) is 0 Å². The van der Waals surface area contributed by atoms with E-state index in [9.17, 15) is 0 Å². The number of nitrogens with two attached hydrogens (primary N) is 1. The van der Waals surface area contributed by atoms with E-state index >= 15 is 0 Å².